The van der Waals surface area contributed by atoms with Crippen molar-refractivity contribution in [2.75, 3.05) is 0 Å². The summed E-state index contributed by atoms with van der Waals surface area (Å²) in [6.45, 7) is 5.79. The first-order valence-corrected chi connectivity index (χ1v) is 7.17. The topological polar surface area (TPSA) is 34.1 Å². The van der Waals surface area contributed by atoms with Crippen molar-refractivity contribution < 1.29 is 9.59 Å². The fourth-order valence-electron chi connectivity index (χ4n) is 3.02. The van der Waals surface area contributed by atoms with Gasteiger partial charge in [-0.15, -0.1) is 0 Å². The Kier molecular flexibility index (Phi) is 3.05. The van der Waals surface area contributed by atoms with E-state index in [1.807, 2.05) is 36.4 Å². The number of fused-ring (bicyclic) bond motifs is 1. The van der Waals surface area contributed by atoms with Gasteiger partial charge in [0, 0.05) is 17.5 Å². The van der Waals surface area contributed by atoms with E-state index in [1.54, 1.807) is 6.92 Å². The van der Waals surface area contributed by atoms with Crippen molar-refractivity contribution in [3.05, 3.63) is 59.2 Å². The van der Waals surface area contributed by atoms with Gasteiger partial charge in [-0.2, -0.15) is 0 Å². The lowest BCUT2D eigenvalue weighted by molar-refractivity contribution is 0.0977. The zero-order valence-corrected chi connectivity index (χ0v) is 12.6. The van der Waals surface area contributed by atoms with Crippen LogP contribution in [0.15, 0.2) is 42.5 Å². The highest BCUT2D eigenvalue weighted by Crippen LogP contribution is 2.40. The van der Waals surface area contributed by atoms with Crippen molar-refractivity contribution in [1.29, 1.82) is 0 Å². The third kappa shape index (κ3) is 2.31. The lowest BCUT2D eigenvalue weighted by Gasteiger charge is -2.18. The highest BCUT2D eigenvalue weighted by molar-refractivity contribution is 6.02. The van der Waals surface area contributed by atoms with Crippen LogP contribution in [0.5, 0.6) is 0 Å². The van der Waals surface area contributed by atoms with Crippen molar-refractivity contribution in [3.8, 4) is 11.1 Å². The summed E-state index contributed by atoms with van der Waals surface area (Å²) in [5, 5.41) is 0. The summed E-state index contributed by atoms with van der Waals surface area (Å²) in [6.07, 6.45) is 0.578. The van der Waals surface area contributed by atoms with E-state index in [9.17, 15) is 9.59 Å². The second-order valence-corrected chi connectivity index (χ2v) is 6.38. The molecule has 0 amide bonds. The number of carbonyl (C=O) groups is 2. The van der Waals surface area contributed by atoms with E-state index in [4.69, 9.17) is 0 Å². The molecule has 2 aromatic carbocycles. The smallest absolute Gasteiger partial charge is 0.164 e. The van der Waals surface area contributed by atoms with Gasteiger partial charge in [-0.1, -0.05) is 50.2 Å². The van der Waals surface area contributed by atoms with E-state index < -0.39 is 0 Å². The van der Waals surface area contributed by atoms with Gasteiger partial charge in [-0.3, -0.25) is 9.59 Å². The molecule has 0 saturated heterocycles. The van der Waals surface area contributed by atoms with Crippen LogP contribution in [0.25, 0.3) is 11.1 Å². The average molecular weight is 278 g/mol. The number of benzene rings is 2. The molecule has 0 aliphatic heterocycles. The van der Waals surface area contributed by atoms with Crippen LogP contribution >= 0.6 is 0 Å². The summed E-state index contributed by atoms with van der Waals surface area (Å²) in [7, 11) is 0. The maximum absolute atomic E-state index is 12.0. The third-order valence-corrected chi connectivity index (χ3v) is 4.28. The zero-order chi connectivity index (χ0) is 15.2. The minimum absolute atomic E-state index is 0.0715. The van der Waals surface area contributed by atoms with Gasteiger partial charge in [0.05, 0.1) is 0 Å². The van der Waals surface area contributed by atoms with Crippen molar-refractivity contribution in [3.63, 3.8) is 0 Å². The van der Waals surface area contributed by atoms with E-state index in [0.29, 0.717) is 6.42 Å². The van der Waals surface area contributed by atoms with Gasteiger partial charge < -0.3 is 0 Å². The van der Waals surface area contributed by atoms with E-state index in [2.05, 4.69) is 19.9 Å². The first-order valence-electron chi connectivity index (χ1n) is 7.17. The van der Waals surface area contributed by atoms with Crippen LogP contribution < -0.4 is 0 Å². The van der Waals surface area contributed by atoms with E-state index in [0.717, 1.165) is 27.8 Å². The number of rotatable bonds is 2. The number of hydrogen-bond acceptors (Lipinski definition) is 2. The summed E-state index contributed by atoms with van der Waals surface area (Å²) in [5.41, 5.74) is 4.76. The molecular weight excluding hydrogens is 260 g/mol. The second kappa shape index (κ2) is 4.66. The normalized spacial score (nSPS) is 15.9. The molecule has 1 aliphatic rings. The number of ketones is 2. The first-order chi connectivity index (χ1) is 9.88. The van der Waals surface area contributed by atoms with Crippen LogP contribution in [0, 0.1) is 0 Å². The van der Waals surface area contributed by atoms with Crippen molar-refractivity contribution in [2.24, 2.45) is 0 Å². The molecule has 2 nitrogen and oxygen atoms in total. The van der Waals surface area contributed by atoms with Crippen LogP contribution in [0.2, 0.25) is 0 Å². The van der Waals surface area contributed by atoms with Crippen LogP contribution in [0.4, 0.5) is 0 Å². The van der Waals surface area contributed by atoms with Gasteiger partial charge in [-0.05, 0) is 35.1 Å². The Hall–Kier alpha value is -2.22. The minimum atomic E-state index is -0.0955. The van der Waals surface area contributed by atoms with E-state index >= 15 is 0 Å². The highest BCUT2D eigenvalue weighted by Gasteiger charge is 2.35. The molecule has 0 N–H and O–H groups in total. The van der Waals surface area contributed by atoms with Gasteiger partial charge in [0.1, 0.15) is 0 Å². The van der Waals surface area contributed by atoms with E-state index in [-0.39, 0.29) is 17.0 Å². The molecule has 3 rings (SSSR count). The monoisotopic (exact) mass is 278 g/mol. The Morgan fingerprint density at radius 3 is 2.24 bits per heavy atom. The summed E-state index contributed by atoms with van der Waals surface area (Å²) < 4.78 is 0. The molecule has 0 saturated carbocycles. The van der Waals surface area contributed by atoms with Gasteiger partial charge >= 0.3 is 0 Å². The SMILES string of the molecule is CC(=O)c1ccc(-c2ccc3c(c2)C(C)(C)CC3=O)cc1. The molecule has 0 fully saturated rings. The molecule has 1 aliphatic carbocycles. The van der Waals surface area contributed by atoms with Crippen molar-refractivity contribution in [2.45, 2.75) is 32.6 Å². The minimum Gasteiger partial charge on any atom is -0.295 e. The molecule has 0 aromatic heterocycles. The standard InChI is InChI=1S/C19H18O2/c1-12(20)13-4-6-14(7-5-13)15-8-9-16-17(10-15)19(2,3)11-18(16)21/h4-10H,11H2,1-3H3. The Morgan fingerprint density at radius 2 is 1.62 bits per heavy atom. The average Bonchev–Trinajstić information content (AvgIpc) is 2.68. The predicted molar refractivity (Wildman–Crippen MR) is 83.9 cm³/mol. The number of carbonyl (C=O) groups excluding carboxylic acids is 2. The Balaban J connectivity index is 2.05. The molecule has 0 heterocycles. The molecule has 0 spiro atoms. The predicted octanol–water partition coefficient (Wildman–Crippen LogP) is 4.42. The van der Waals surface area contributed by atoms with Gasteiger partial charge in [0.2, 0.25) is 0 Å². The summed E-state index contributed by atoms with van der Waals surface area (Å²) >= 11 is 0. The van der Waals surface area contributed by atoms with Gasteiger partial charge in [0.15, 0.2) is 11.6 Å². The summed E-state index contributed by atoms with van der Waals surface area (Å²) in [4.78, 5) is 23.3. The Morgan fingerprint density at radius 1 is 1.00 bits per heavy atom. The van der Waals surface area contributed by atoms with Crippen LogP contribution in [-0.2, 0) is 5.41 Å². The fraction of sp³-hybridized carbons (Fsp3) is 0.263. The van der Waals surface area contributed by atoms with Crippen molar-refractivity contribution >= 4 is 11.6 Å². The molecule has 21 heavy (non-hydrogen) atoms. The van der Waals surface area contributed by atoms with E-state index in [1.165, 1.54) is 0 Å². The Labute approximate surface area is 124 Å². The zero-order valence-electron chi connectivity index (χ0n) is 12.6. The first kappa shape index (κ1) is 13.7. The van der Waals surface area contributed by atoms with Gasteiger partial charge in [-0.25, -0.2) is 0 Å². The molecular formula is C19H18O2. The Bertz CT molecular complexity index is 737. The van der Waals surface area contributed by atoms with Crippen molar-refractivity contribution in [1.82, 2.24) is 0 Å². The molecule has 0 unspecified atom stereocenters. The molecule has 106 valence electrons. The lowest BCUT2D eigenvalue weighted by Crippen LogP contribution is -2.12. The molecule has 0 radical (unpaired) electrons. The lowest BCUT2D eigenvalue weighted by atomic mass is 9.85. The van der Waals surface area contributed by atoms with Crippen LogP contribution in [-0.4, -0.2) is 11.6 Å². The highest BCUT2D eigenvalue weighted by atomic mass is 16.1. The molecule has 0 atom stereocenters. The fourth-order valence-corrected chi connectivity index (χ4v) is 3.02. The maximum Gasteiger partial charge on any atom is 0.164 e. The molecule has 2 heteroatoms. The number of Topliss-reactive ketones (excluding diaryl/α,β-unsaturated/α-hetero) is 2. The number of hydrogen-bond donors (Lipinski definition) is 0. The van der Waals surface area contributed by atoms with Gasteiger partial charge in [0.25, 0.3) is 0 Å². The molecule has 2 aromatic rings. The summed E-state index contributed by atoms with van der Waals surface area (Å²) in [6, 6.07) is 13.7. The maximum atomic E-state index is 12.0. The quantitative estimate of drug-likeness (QED) is 0.762. The molecule has 0 bridgehead atoms. The van der Waals surface area contributed by atoms with Crippen LogP contribution in [0.3, 0.4) is 0 Å². The second-order valence-electron chi connectivity index (χ2n) is 6.38. The summed E-state index contributed by atoms with van der Waals surface area (Å²) in [5.74, 6) is 0.302. The largest absolute Gasteiger partial charge is 0.295 e. The third-order valence-electron chi connectivity index (χ3n) is 4.28. The van der Waals surface area contributed by atoms with Crippen LogP contribution in [0.1, 0.15) is 53.5 Å².